The smallest absolute Gasteiger partial charge is 0.349 e. The van der Waals surface area contributed by atoms with Crippen LogP contribution in [-0.4, -0.2) is 17.4 Å². The van der Waals surface area contributed by atoms with E-state index in [1.54, 1.807) is 19.2 Å². The summed E-state index contributed by atoms with van der Waals surface area (Å²) >= 11 is 0. The highest BCUT2D eigenvalue weighted by Crippen LogP contribution is 2.14. The summed E-state index contributed by atoms with van der Waals surface area (Å²) in [6.07, 6.45) is 4.35. The van der Waals surface area contributed by atoms with Gasteiger partial charge in [0.15, 0.2) is 0 Å². The standard InChI is InChI=1S/C21H27N3O3/c1-13(2)4-5-17-8-14(3)19(21(26)27-17)20(25)24-11-15-9-16-12-22-7-6-18(16)23-10-15/h8-10,13,22H,4-7,11-12H2,1-3H3,(H,24,25). The van der Waals surface area contributed by atoms with Crippen LogP contribution in [0.2, 0.25) is 0 Å². The zero-order chi connectivity index (χ0) is 19.4. The van der Waals surface area contributed by atoms with E-state index in [1.165, 1.54) is 0 Å². The Balaban J connectivity index is 1.68. The first kappa shape index (κ1) is 19.3. The van der Waals surface area contributed by atoms with Gasteiger partial charge in [-0.1, -0.05) is 13.8 Å². The summed E-state index contributed by atoms with van der Waals surface area (Å²) in [5.74, 6) is 0.751. The molecule has 0 spiro atoms. The van der Waals surface area contributed by atoms with Gasteiger partial charge < -0.3 is 15.1 Å². The molecule has 0 saturated heterocycles. The molecular formula is C21H27N3O3. The largest absolute Gasteiger partial charge is 0.427 e. The van der Waals surface area contributed by atoms with E-state index >= 15 is 0 Å². The van der Waals surface area contributed by atoms with Crippen molar-refractivity contribution in [3.8, 4) is 0 Å². The van der Waals surface area contributed by atoms with Gasteiger partial charge in [-0.15, -0.1) is 0 Å². The molecule has 0 saturated carbocycles. The van der Waals surface area contributed by atoms with E-state index in [9.17, 15) is 9.59 Å². The monoisotopic (exact) mass is 369 g/mol. The maximum Gasteiger partial charge on any atom is 0.349 e. The van der Waals surface area contributed by atoms with Gasteiger partial charge in [-0.25, -0.2) is 4.79 Å². The third-order valence-electron chi connectivity index (χ3n) is 4.82. The number of rotatable bonds is 6. The second kappa shape index (κ2) is 8.48. The Morgan fingerprint density at radius 1 is 1.37 bits per heavy atom. The predicted octanol–water partition coefficient (Wildman–Crippen LogP) is 2.51. The number of aryl methyl sites for hydroxylation is 2. The number of hydrogen-bond acceptors (Lipinski definition) is 5. The van der Waals surface area contributed by atoms with Crippen molar-refractivity contribution >= 4 is 5.91 Å². The van der Waals surface area contributed by atoms with Crippen LogP contribution in [0.15, 0.2) is 27.5 Å². The summed E-state index contributed by atoms with van der Waals surface area (Å²) in [6, 6.07) is 3.85. The lowest BCUT2D eigenvalue weighted by molar-refractivity contribution is 0.0945. The van der Waals surface area contributed by atoms with Crippen molar-refractivity contribution in [2.45, 2.75) is 53.1 Å². The van der Waals surface area contributed by atoms with Crippen LogP contribution in [0.3, 0.4) is 0 Å². The fourth-order valence-corrected chi connectivity index (χ4v) is 3.26. The van der Waals surface area contributed by atoms with Gasteiger partial charge in [-0.3, -0.25) is 9.78 Å². The second-order valence-electron chi connectivity index (χ2n) is 7.55. The van der Waals surface area contributed by atoms with Gasteiger partial charge in [0.05, 0.1) is 0 Å². The zero-order valence-corrected chi connectivity index (χ0v) is 16.2. The van der Waals surface area contributed by atoms with Crippen LogP contribution < -0.4 is 16.3 Å². The Hall–Kier alpha value is -2.47. The van der Waals surface area contributed by atoms with E-state index in [0.717, 1.165) is 42.8 Å². The van der Waals surface area contributed by atoms with Crippen LogP contribution in [0, 0.1) is 12.8 Å². The van der Waals surface area contributed by atoms with Crippen LogP contribution >= 0.6 is 0 Å². The number of fused-ring (bicyclic) bond motifs is 1. The van der Waals surface area contributed by atoms with Crippen LogP contribution in [0.5, 0.6) is 0 Å². The van der Waals surface area contributed by atoms with Gasteiger partial charge in [0.25, 0.3) is 5.91 Å². The number of amides is 1. The van der Waals surface area contributed by atoms with Crippen molar-refractivity contribution in [2.75, 3.05) is 6.54 Å². The molecule has 0 aliphatic carbocycles. The van der Waals surface area contributed by atoms with E-state index in [-0.39, 0.29) is 5.56 Å². The van der Waals surface area contributed by atoms with Gasteiger partial charge in [-0.2, -0.15) is 0 Å². The fourth-order valence-electron chi connectivity index (χ4n) is 3.26. The molecule has 0 bridgehead atoms. The van der Waals surface area contributed by atoms with E-state index in [1.807, 2.05) is 0 Å². The van der Waals surface area contributed by atoms with Gasteiger partial charge in [0.2, 0.25) is 0 Å². The van der Waals surface area contributed by atoms with Crippen molar-refractivity contribution in [3.05, 3.63) is 62.5 Å². The third kappa shape index (κ3) is 4.83. The zero-order valence-electron chi connectivity index (χ0n) is 16.2. The van der Waals surface area contributed by atoms with Crippen molar-refractivity contribution in [1.82, 2.24) is 15.6 Å². The van der Waals surface area contributed by atoms with Crippen LogP contribution in [0.1, 0.15) is 58.8 Å². The number of nitrogens with one attached hydrogen (secondary N) is 2. The van der Waals surface area contributed by atoms with E-state index in [0.29, 0.717) is 30.2 Å². The summed E-state index contributed by atoms with van der Waals surface area (Å²) in [4.78, 5) is 29.3. The Kier molecular flexibility index (Phi) is 6.06. The average Bonchev–Trinajstić information content (AvgIpc) is 2.64. The Bertz CT molecular complexity index is 887. The summed E-state index contributed by atoms with van der Waals surface area (Å²) in [5, 5.41) is 6.13. The van der Waals surface area contributed by atoms with Gasteiger partial charge in [0.1, 0.15) is 11.3 Å². The summed E-state index contributed by atoms with van der Waals surface area (Å²) in [5.41, 5.74) is 3.35. The third-order valence-corrected chi connectivity index (χ3v) is 4.82. The molecule has 27 heavy (non-hydrogen) atoms. The molecule has 2 N–H and O–H groups in total. The molecule has 0 aromatic carbocycles. The average molecular weight is 369 g/mol. The summed E-state index contributed by atoms with van der Waals surface area (Å²) in [6.45, 7) is 8.09. The number of nitrogens with zero attached hydrogens (tertiary/aromatic N) is 1. The normalized spacial score (nSPS) is 13.5. The maximum absolute atomic E-state index is 12.5. The maximum atomic E-state index is 12.5. The lowest BCUT2D eigenvalue weighted by atomic mass is 10.0. The lowest BCUT2D eigenvalue weighted by Crippen LogP contribution is -2.30. The topological polar surface area (TPSA) is 84.2 Å². The second-order valence-corrected chi connectivity index (χ2v) is 7.55. The predicted molar refractivity (Wildman–Crippen MR) is 104 cm³/mol. The summed E-state index contributed by atoms with van der Waals surface area (Å²) in [7, 11) is 0. The summed E-state index contributed by atoms with van der Waals surface area (Å²) < 4.78 is 5.35. The molecule has 0 radical (unpaired) electrons. The van der Waals surface area contributed by atoms with Crippen molar-refractivity contribution in [1.29, 1.82) is 0 Å². The molecule has 2 aromatic heterocycles. The Morgan fingerprint density at radius 2 is 2.19 bits per heavy atom. The van der Waals surface area contributed by atoms with Crippen LogP contribution in [-0.2, 0) is 25.9 Å². The molecule has 6 nitrogen and oxygen atoms in total. The number of carbonyl (C=O) groups is 1. The van der Waals surface area contributed by atoms with E-state index in [2.05, 4.69) is 35.5 Å². The molecule has 0 unspecified atom stereocenters. The first-order valence-corrected chi connectivity index (χ1v) is 9.53. The highest BCUT2D eigenvalue weighted by Gasteiger charge is 2.17. The van der Waals surface area contributed by atoms with Crippen LogP contribution in [0.4, 0.5) is 0 Å². The Labute approximate surface area is 159 Å². The first-order valence-electron chi connectivity index (χ1n) is 9.53. The number of aromatic nitrogens is 1. The molecule has 1 amide bonds. The van der Waals surface area contributed by atoms with E-state index < -0.39 is 11.5 Å². The number of hydrogen-bond donors (Lipinski definition) is 2. The van der Waals surface area contributed by atoms with Crippen molar-refractivity contribution < 1.29 is 9.21 Å². The molecule has 3 heterocycles. The lowest BCUT2D eigenvalue weighted by Gasteiger charge is -2.17. The van der Waals surface area contributed by atoms with Crippen molar-refractivity contribution in [2.24, 2.45) is 5.92 Å². The highest BCUT2D eigenvalue weighted by molar-refractivity contribution is 5.95. The molecule has 144 valence electrons. The number of carbonyl (C=O) groups excluding carboxylic acids is 1. The van der Waals surface area contributed by atoms with Crippen LogP contribution in [0.25, 0.3) is 0 Å². The molecule has 0 atom stereocenters. The molecule has 1 aliphatic heterocycles. The van der Waals surface area contributed by atoms with E-state index in [4.69, 9.17) is 4.42 Å². The molecule has 1 aliphatic rings. The quantitative estimate of drug-likeness (QED) is 0.817. The minimum absolute atomic E-state index is 0.0795. The molecule has 3 rings (SSSR count). The van der Waals surface area contributed by atoms with Gasteiger partial charge in [-0.05, 0) is 48.1 Å². The Morgan fingerprint density at radius 3 is 2.93 bits per heavy atom. The molecule has 6 heteroatoms. The molecule has 2 aromatic rings. The first-order chi connectivity index (χ1) is 12.9. The van der Waals surface area contributed by atoms with Gasteiger partial charge >= 0.3 is 5.63 Å². The number of pyridine rings is 1. The van der Waals surface area contributed by atoms with Gasteiger partial charge in [0, 0.05) is 44.4 Å². The highest BCUT2D eigenvalue weighted by atomic mass is 16.4. The minimum Gasteiger partial charge on any atom is -0.427 e. The minimum atomic E-state index is -0.570. The van der Waals surface area contributed by atoms with Crippen molar-refractivity contribution in [3.63, 3.8) is 0 Å². The molecule has 0 fully saturated rings. The SMILES string of the molecule is Cc1cc(CCC(C)C)oc(=O)c1C(=O)NCc1cnc2c(c1)CNCC2. The fraction of sp³-hybridized carbons (Fsp3) is 0.476. The molecular weight excluding hydrogens is 342 g/mol.